The van der Waals surface area contributed by atoms with Gasteiger partial charge in [0.15, 0.2) is 5.65 Å². The van der Waals surface area contributed by atoms with Crippen LogP contribution in [0.2, 0.25) is 0 Å². The van der Waals surface area contributed by atoms with Crippen LogP contribution in [0.1, 0.15) is 6.42 Å². The Hall–Kier alpha value is -3.17. The van der Waals surface area contributed by atoms with Crippen LogP contribution < -0.4 is 5.32 Å². The van der Waals surface area contributed by atoms with Gasteiger partial charge in [0.2, 0.25) is 5.95 Å². The zero-order valence-electron chi connectivity index (χ0n) is 12.7. The molecule has 2 N–H and O–H groups in total. The normalized spacial score (nSPS) is 12.1. The molecular formula is C15H12F3N7. The van der Waals surface area contributed by atoms with Crippen LogP contribution in [0.3, 0.4) is 0 Å². The summed E-state index contributed by atoms with van der Waals surface area (Å²) in [5.41, 5.74) is 2.76. The lowest BCUT2D eigenvalue weighted by Gasteiger charge is -2.07. The highest BCUT2D eigenvalue weighted by Crippen LogP contribution is 2.26. The molecule has 0 spiro atoms. The quantitative estimate of drug-likeness (QED) is 0.593. The van der Waals surface area contributed by atoms with Crippen molar-refractivity contribution < 1.29 is 13.2 Å². The molecule has 0 aliphatic rings. The Bertz CT molecular complexity index is 1030. The number of fused-ring (bicyclic) bond motifs is 2. The fourth-order valence-electron chi connectivity index (χ4n) is 2.48. The van der Waals surface area contributed by atoms with Crippen molar-refractivity contribution in [3.63, 3.8) is 0 Å². The van der Waals surface area contributed by atoms with E-state index in [2.05, 4.69) is 30.4 Å². The largest absolute Gasteiger partial charge is 0.390 e. The van der Waals surface area contributed by atoms with Gasteiger partial charge in [0.1, 0.15) is 5.65 Å². The second-order valence-corrected chi connectivity index (χ2v) is 5.40. The average molecular weight is 347 g/mol. The van der Waals surface area contributed by atoms with E-state index in [1.807, 2.05) is 12.1 Å². The minimum absolute atomic E-state index is 0.142. The number of imidazole rings is 1. The Morgan fingerprint density at radius 1 is 1.20 bits per heavy atom. The van der Waals surface area contributed by atoms with Crippen LogP contribution in [0.25, 0.3) is 27.9 Å². The van der Waals surface area contributed by atoms with Crippen LogP contribution in [-0.4, -0.2) is 42.3 Å². The number of alkyl halides is 3. The van der Waals surface area contributed by atoms with E-state index in [4.69, 9.17) is 0 Å². The van der Waals surface area contributed by atoms with Gasteiger partial charge in [-0.05, 0) is 12.1 Å². The summed E-state index contributed by atoms with van der Waals surface area (Å²) in [6, 6.07) is 3.68. The smallest absolute Gasteiger partial charge is 0.354 e. The van der Waals surface area contributed by atoms with Gasteiger partial charge in [0.25, 0.3) is 0 Å². The van der Waals surface area contributed by atoms with Crippen molar-refractivity contribution in [1.82, 2.24) is 29.5 Å². The topological polar surface area (TPSA) is 83.8 Å². The van der Waals surface area contributed by atoms with E-state index in [-0.39, 0.29) is 12.5 Å². The van der Waals surface area contributed by atoms with Gasteiger partial charge in [0.05, 0.1) is 12.1 Å². The van der Waals surface area contributed by atoms with Gasteiger partial charge in [-0.15, -0.1) is 0 Å². The third kappa shape index (κ3) is 3.10. The van der Waals surface area contributed by atoms with Crippen LogP contribution >= 0.6 is 0 Å². The van der Waals surface area contributed by atoms with E-state index in [0.717, 1.165) is 16.6 Å². The van der Waals surface area contributed by atoms with Crippen LogP contribution in [0.5, 0.6) is 0 Å². The first-order chi connectivity index (χ1) is 12.0. The SMILES string of the molecule is FC(F)(F)CCNc1ncc2c(-c3ccc4nccn4n3)c[nH]c2n1. The molecule has 0 aromatic carbocycles. The Kier molecular flexibility index (Phi) is 3.52. The van der Waals surface area contributed by atoms with Crippen molar-refractivity contribution in [2.45, 2.75) is 12.6 Å². The fourth-order valence-corrected chi connectivity index (χ4v) is 2.48. The molecule has 0 aliphatic heterocycles. The maximum Gasteiger partial charge on any atom is 0.390 e. The van der Waals surface area contributed by atoms with Gasteiger partial charge in [-0.3, -0.25) is 0 Å². The minimum atomic E-state index is -4.21. The maximum atomic E-state index is 12.2. The molecule has 128 valence electrons. The van der Waals surface area contributed by atoms with Gasteiger partial charge >= 0.3 is 6.18 Å². The minimum Gasteiger partial charge on any atom is -0.354 e. The third-order valence-corrected chi connectivity index (χ3v) is 3.65. The number of aromatic nitrogens is 6. The molecular weight excluding hydrogens is 335 g/mol. The standard InChI is InChI=1S/C15H12F3N7/c16-15(17,18)3-4-20-14-22-8-10-9(7-21-13(10)23-14)11-1-2-12-19-5-6-25(12)24-11/h1-2,5-8H,3-4H2,(H2,20,21,22,23). The van der Waals surface area contributed by atoms with E-state index in [1.165, 1.54) is 0 Å². The summed E-state index contributed by atoms with van der Waals surface area (Å²) in [7, 11) is 0. The van der Waals surface area contributed by atoms with Crippen molar-refractivity contribution in [2.24, 2.45) is 0 Å². The Morgan fingerprint density at radius 2 is 2.08 bits per heavy atom. The van der Waals surface area contributed by atoms with E-state index >= 15 is 0 Å². The van der Waals surface area contributed by atoms with Crippen LogP contribution in [0.4, 0.5) is 19.1 Å². The average Bonchev–Trinajstić information content (AvgIpc) is 3.19. The number of rotatable bonds is 4. The van der Waals surface area contributed by atoms with Gasteiger partial charge < -0.3 is 10.3 Å². The van der Waals surface area contributed by atoms with E-state index in [9.17, 15) is 13.2 Å². The molecule has 0 fully saturated rings. The highest BCUT2D eigenvalue weighted by atomic mass is 19.4. The first-order valence-corrected chi connectivity index (χ1v) is 7.45. The molecule has 7 nitrogen and oxygen atoms in total. The lowest BCUT2D eigenvalue weighted by Crippen LogP contribution is -2.15. The number of nitrogens with one attached hydrogen (secondary N) is 2. The monoisotopic (exact) mass is 347 g/mol. The molecule has 0 saturated heterocycles. The maximum absolute atomic E-state index is 12.2. The summed E-state index contributed by atoms with van der Waals surface area (Å²) in [4.78, 5) is 15.4. The van der Waals surface area contributed by atoms with Crippen molar-refractivity contribution in [3.8, 4) is 11.3 Å². The van der Waals surface area contributed by atoms with Gasteiger partial charge in [0, 0.05) is 42.3 Å². The molecule has 4 rings (SSSR count). The molecule has 4 heterocycles. The highest BCUT2D eigenvalue weighted by molar-refractivity contribution is 5.92. The summed E-state index contributed by atoms with van der Waals surface area (Å²) in [6.07, 6.45) is 1.54. The first-order valence-electron chi connectivity index (χ1n) is 7.45. The van der Waals surface area contributed by atoms with Crippen molar-refractivity contribution in [1.29, 1.82) is 0 Å². The number of aromatic amines is 1. The summed E-state index contributed by atoms with van der Waals surface area (Å²) in [5, 5.41) is 7.77. The van der Waals surface area contributed by atoms with Crippen molar-refractivity contribution in [3.05, 3.63) is 36.9 Å². The summed E-state index contributed by atoms with van der Waals surface area (Å²) in [5.74, 6) is 0.142. The van der Waals surface area contributed by atoms with Crippen LogP contribution in [0.15, 0.2) is 36.9 Å². The summed E-state index contributed by atoms with van der Waals surface area (Å²) in [6.45, 7) is -0.276. The second-order valence-electron chi connectivity index (χ2n) is 5.40. The Labute approximate surface area is 138 Å². The Balaban J connectivity index is 1.61. The predicted octanol–water partition coefficient (Wildman–Crippen LogP) is 3.03. The van der Waals surface area contributed by atoms with E-state index in [0.29, 0.717) is 11.3 Å². The highest BCUT2D eigenvalue weighted by Gasteiger charge is 2.26. The van der Waals surface area contributed by atoms with Gasteiger partial charge in [-0.2, -0.15) is 23.3 Å². The first kappa shape index (κ1) is 15.4. The molecule has 0 aliphatic carbocycles. The number of anilines is 1. The summed E-state index contributed by atoms with van der Waals surface area (Å²) < 4.78 is 38.2. The van der Waals surface area contributed by atoms with Crippen molar-refractivity contribution >= 4 is 22.6 Å². The number of halogens is 3. The molecule has 0 saturated carbocycles. The third-order valence-electron chi connectivity index (χ3n) is 3.65. The second kappa shape index (κ2) is 5.72. The van der Waals surface area contributed by atoms with Crippen LogP contribution in [-0.2, 0) is 0 Å². The number of hydrogen-bond acceptors (Lipinski definition) is 5. The molecule has 0 bridgehead atoms. The molecule has 0 amide bonds. The number of nitrogens with zero attached hydrogens (tertiary/aromatic N) is 5. The molecule has 25 heavy (non-hydrogen) atoms. The number of hydrogen-bond donors (Lipinski definition) is 2. The van der Waals surface area contributed by atoms with Gasteiger partial charge in [-0.25, -0.2) is 14.5 Å². The lowest BCUT2D eigenvalue weighted by atomic mass is 10.2. The molecule has 0 atom stereocenters. The fraction of sp³-hybridized carbons (Fsp3) is 0.200. The Morgan fingerprint density at radius 3 is 2.92 bits per heavy atom. The molecule has 0 radical (unpaired) electrons. The zero-order chi connectivity index (χ0) is 17.4. The number of H-pyrrole nitrogens is 1. The van der Waals surface area contributed by atoms with E-state index in [1.54, 1.807) is 29.3 Å². The molecule has 10 heteroatoms. The summed E-state index contributed by atoms with van der Waals surface area (Å²) >= 11 is 0. The van der Waals surface area contributed by atoms with E-state index < -0.39 is 12.6 Å². The zero-order valence-corrected chi connectivity index (χ0v) is 12.7. The van der Waals surface area contributed by atoms with Crippen LogP contribution in [0, 0.1) is 0 Å². The predicted molar refractivity (Wildman–Crippen MR) is 85.0 cm³/mol. The molecule has 4 aromatic rings. The molecule has 0 unspecified atom stereocenters. The van der Waals surface area contributed by atoms with Crippen molar-refractivity contribution in [2.75, 3.05) is 11.9 Å². The lowest BCUT2D eigenvalue weighted by molar-refractivity contribution is -0.131. The van der Waals surface area contributed by atoms with Gasteiger partial charge in [-0.1, -0.05) is 0 Å². The molecule has 4 aromatic heterocycles.